The molecule has 1 saturated heterocycles. The fourth-order valence-corrected chi connectivity index (χ4v) is 5.86. The predicted molar refractivity (Wildman–Crippen MR) is 109 cm³/mol. The molecular weight excluding hydrogens is 452 g/mol. The summed E-state index contributed by atoms with van der Waals surface area (Å²) in [5.41, 5.74) is 0.361. The Morgan fingerprint density at radius 1 is 1.40 bits per heavy atom. The van der Waals surface area contributed by atoms with Gasteiger partial charge in [-0.15, -0.1) is 33.3 Å². The molecule has 0 aliphatic carbocycles. The minimum absolute atomic E-state index is 0.115. The van der Waals surface area contributed by atoms with Crippen LogP contribution in [0, 0.1) is 13.8 Å². The Morgan fingerprint density at radius 2 is 2.17 bits per heavy atom. The van der Waals surface area contributed by atoms with Gasteiger partial charge in [0.25, 0.3) is 5.91 Å². The number of hydrogen-bond donors (Lipinski definition) is 3. The molecule has 0 radical (unpaired) electrons. The number of hydrogen-bond acceptors (Lipinski definition) is 11. The summed E-state index contributed by atoms with van der Waals surface area (Å²) in [7, 11) is 0. The number of nitrogens with one attached hydrogen (secondary N) is 1. The Morgan fingerprint density at radius 3 is 2.77 bits per heavy atom. The number of amides is 2. The number of β-lactam (4-membered cyclic amide) rings is 1. The lowest BCUT2D eigenvalue weighted by Gasteiger charge is -2.49. The van der Waals surface area contributed by atoms with E-state index in [1.165, 1.54) is 28.0 Å². The Balaban J connectivity index is 1.51. The van der Waals surface area contributed by atoms with Crippen molar-refractivity contribution in [1.29, 1.82) is 0 Å². The first-order valence-electron chi connectivity index (χ1n) is 8.74. The van der Waals surface area contributed by atoms with Crippen LogP contribution < -0.4 is 5.32 Å². The summed E-state index contributed by atoms with van der Waals surface area (Å²) in [4.78, 5) is 42.1. The smallest absolute Gasteiger partial charge is 0.352 e. The maximum atomic E-state index is 12.7. The molecule has 2 aliphatic heterocycles. The quantitative estimate of drug-likeness (QED) is 0.403. The van der Waals surface area contributed by atoms with Crippen molar-refractivity contribution in [3.63, 3.8) is 0 Å². The molecular formula is C16H16N6O5S3. The standard InChI is InChI=1S/C16H16N6O5S3/c1-5-17-8(21-27-5)3-9(23)18-10-14(24)22-11(16(25)26)7(4-29-15(10)22)12(28)13-20-19-6(2)30-13/h10,12,15,28H,3-4H2,1-2H3,(H,18,23)(H,25,26)/t10?,12?,15-/m1/s1. The minimum atomic E-state index is -1.23. The van der Waals surface area contributed by atoms with Crippen LogP contribution in [-0.2, 0) is 20.8 Å². The van der Waals surface area contributed by atoms with E-state index in [1.54, 1.807) is 13.8 Å². The van der Waals surface area contributed by atoms with Gasteiger partial charge in [0.2, 0.25) is 11.8 Å². The zero-order valence-corrected chi connectivity index (χ0v) is 18.3. The number of thiol groups is 1. The fourth-order valence-electron chi connectivity index (χ4n) is 3.21. The third kappa shape index (κ3) is 3.70. The molecule has 11 nitrogen and oxygen atoms in total. The van der Waals surface area contributed by atoms with Gasteiger partial charge in [0.1, 0.15) is 27.1 Å². The van der Waals surface area contributed by atoms with Crippen LogP contribution in [0.25, 0.3) is 0 Å². The predicted octanol–water partition coefficient (Wildman–Crippen LogP) is 0.490. The summed E-state index contributed by atoms with van der Waals surface area (Å²) in [6.45, 7) is 3.40. The molecule has 0 aromatic carbocycles. The van der Waals surface area contributed by atoms with Gasteiger partial charge in [-0.05, 0) is 12.5 Å². The molecule has 2 N–H and O–H groups in total. The van der Waals surface area contributed by atoms with Crippen LogP contribution in [0.5, 0.6) is 0 Å². The second kappa shape index (κ2) is 8.00. The Labute approximate surface area is 183 Å². The molecule has 2 aliphatic rings. The van der Waals surface area contributed by atoms with Gasteiger partial charge in [0.15, 0.2) is 5.82 Å². The van der Waals surface area contributed by atoms with Crippen molar-refractivity contribution in [2.75, 3.05) is 5.75 Å². The summed E-state index contributed by atoms with van der Waals surface area (Å²) < 4.78 is 4.82. The highest BCUT2D eigenvalue weighted by atomic mass is 32.2. The molecule has 1 fully saturated rings. The monoisotopic (exact) mass is 468 g/mol. The van der Waals surface area contributed by atoms with Gasteiger partial charge < -0.3 is 14.9 Å². The number of aromatic nitrogens is 4. The van der Waals surface area contributed by atoms with Gasteiger partial charge in [-0.1, -0.05) is 5.16 Å². The second-order valence-electron chi connectivity index (χ2n) is 6.60. The number of carbonyl (C=O) groups is 3. The molecule has 14 heteroatoms. The molecule has 2 aromatic heterocycles. The molecule has 30 heavy (non-hydrogen) atoms. The zero-order valence-electron chi connectivity index (χ0n) is 15.7. The van der Waals surface area contributed by atoms with Gasteiger partial charge in [-0.2, -0.15) is 17.6 Å². The first-order valence-corrected chi connectivity index (χ1v) is 11.1. The lowest BCUT2D eigenvalue weighted by atomic mass is 10.0. The molecule has 0 saturated carbocycles. The molecule has 0 spiro atoms. The van der Waals surface area contributed by atoms with Gasteiger partial charge in [0.05, 0.1) is 11.7 Å². The van der Waals surface area contributed by atoms with Gasteiger partial charge in [-0.25, -0.2) is 4.79 Å². The van der Waals surface area contributed by atoms with E-state index in [1.807, 2.05) is 0 Å². The van der Waals surface area contributed by atoms with Crippen LogP contribution in [-0.4, -0.2) is 65.3 Å². The first kappa shape index (κ1) is 20.8. The molecule has 2 unspecified atom stereocenters. The molecule has 4 rings (SSSR count). The largest absolute Gasteiger partial charge is 0.477 e. The highest BCUT2D eigenvalue weighted by molar-refractivity contribution is 8.00. The molecule has 2 amide bonds. The number of thioether (sulfide) groups is 1. The van der Waals surface area contributed by atoms with Crippen LogP contribution in [0.1, 0.15) is 27.0 Å². The Kier molecular flexibility index (Phi) is 5.55. The van der Waals surface area contributed by atoms with E-state index in [0.717, 1.165) is 5.01 Å². The maximum Gasteiger partial charge on any atom is 0.352 e. The number of nitrogens with zero attached hydrogens (tertiary/aromatic N) is 5. The second-order valence-corrected chi connectivity index (χ2v) is 9.44. The van der Waals surface area contributed by atoms with Gasteiger partial charge in [-0.3, -0.25) is 14.5 Å². The van der Waals surface area contributed by atoms with E-state index in [2.05, 4.69) is 38.3 Å². The van der Waals surface area contributed by atoms with Crippen molar-refractivity contribution in [2.45, 2.75) is 36.9 Å². The van der Waals surface area contributed by atoms with Crippen molar-refractivity contribution in [2.24, 2.45) is 0 Å². The number of carboxylic acids is 1. The highest BCUT2D eigenvalue weighted by Crippen LogP contribution is 2.45. The topological polar surface area (TPSA) is 151 Å². The van der Waals surface area contributed by atoms with Crippen molar-refractivity contribution in [1.82, 2.24) is 30.6 Å². The van der Waals surface area contributed by atoms with Crippen LogP contribution in [0.15, 0.2) is 15.8 Å². The van der Waals surface area contributed by atoms with E-state index in [4.69, 9.17) is 4.52 Å². The SMILES string of the molecule is Cc1nc(CC(=O)NC2C(=O)N3C(C(=O)O)=C(C(S)c4nnc(C)s4)CS[C@H]23)no1. The number of carbonyl (C=O) groups excluding carboxylic acids is 2. The van der Waals surface area contributed by atoms with Crippen molar-refractivity contribution >= 4 is 53.5 Å². The van der Waals surface area contributed by atoms with Gasteiger partial charge in [0, 0.05) is 12.7 Å². The normalized spacial score (nSPS) is 21.8. The average Bonchev–Trinajstić information content (AvgIpc) is 3.32. The van der Waals surface area contributed by atoms with E-state index in [0.29, 0.717) is 22.2 Å². The van der Waals surface area contributed by atoms with Crippen molar-refractivity contribution in [3.8, 4) is 0 Å². The van der Waals surface area contributed by atoms with Gasteiger partial charge >= 0.3 is 5.97 Å². The number of aryl methyl sites for hydroxylation is 2. The summed E-state index contributed by atoms with van der Waals surface area (Å²) >= 11 is 7.22. The molecule has 0 bridgehead atoms. The molecule has 3 atom stereocenters. The van der Waals surface area contributed by atoms with E-state index in [9.17, 15) is 19.5 Å². The van der Waals surface area contributed by atoms with Crippen molar-refractivity contribution < 1.29 is 24.0 Å². The summed E-state index contributed by atoms with van der Waals surface area (Å²) in [5, 5.41) is 24.2. The van der Waals surface area contributed by atoms with Crippen LogP contribution in [0.3, 0.4) is 0 Å². The fraction of sp³-hybridized carbons (Fsp3) is 0.438. The lowest BCUT2D eigenvalue weighted by Crippen LogP contribution is -2.70. The minimum Gasteiger partial charge on any atom is -0.477 e. The van der Waals surface area contributed by atoms with Crippen LogP contribution >= 0.6 is 35.7 Å². The number of aliphatic carboxylic acids is 1. The van der Waals surface area contributed by atoms with E-state index in [-0.39, 0.29) is 17.9 Å². The summed E-state index contributed by atoms with van der Waals surface area (Å²) in [5.74, 6) is -1.28. The third-order valence-electron chi connectivity index (χ3n) is 4.51. The number of carboxylic acid groups (broad SMARTS) is 1. The van der Waals surface area contributed by atoms with E-state index < -0.39 is 34.4 Å². The number of fused-ring (bicyclic) bond motifs is 1. The molecule has 158 valence electrons. The maximum absolute atomic E-state index is 12.7. The van der Waals surface area contributed by atoms with E-state index >= 15 is 0 Å². The highest BCUT2D eigenvalue weighted by Gasteiger charge is 2.54. The average molecular weight is 469 g/mol. The first-order chi connectivity index (χ1) is 14.3. The lowest BCUT2D eigenvalue weighted by molar-refractivity contribution is -0.150. The molecule has 2 aromatic rings. The van der Waals surface area contributed by atoms with Crippen LogP contribution in [0.2, 0.25) is 0 Å². The Hall–Kier alpha value is -2.45. The molecule has 4 heterocycles. The van der Waals surface area contributed by atoms with Crippen molar-refractivity contribution in [3.05, 3.63) is 33.0 Å². The Bertz CT molecular complexity index is 1070. The summed E-state index contributed by atoms with van der Waals surface area (Å²) in [6.07, 6.45) is -0.138. The summed E-state index contributed by atoms with van der Waals surface area (Å²) in [6, 6.07) is -0.825. The zero-order chi connectivity index (χ0) is 21.6. The van der Waals surface area contributed by atoms with Crippen LogP contribution in [0.4, 0.5) is 0 Å². The third-order valence-corrected chi connectivity index (χ3v) is 7.45. The number of rotatable bonds is 6.